The molecule has 1 heterocycles. The summed E-state index contributed by atoms with van der Waals surface area (Å²) in [6.45, 7) is 2.58. The van der Waals surface area contributed by atoms with Crippen LogP contribution < -0.4 is 9.47 Å². The molecular weight excluding hydrogens is 424 g/mol. The normalized spacial score (nSPS) is 14.3. The quantitative estimate of drug-likeness (QED) is 0.384. The molecule has 1 fully saturated rings. The Morgan fingerprint density at radius 1 is 1.00 bits per heavy atom. The summed E-state index contributed by atoms with van der Waals surface area (Å²) in [5, 5.41) is 0.790. The van der Waals surface area contributed by atoms with E-state index >= 15 is 0 Å². The maximum atomic E-state index is 12.5. The van der Waals surface area contributed by atoms with E-state index in [9.17, 15) is 9.59 Å². The summed E-state index contributed by atoms with van der Waals surface area (Å²) in [5.74, 6) is 0.155. The van der Waals surface area contributed by atoms with Gasteiger partial charge < -0.3 is 9.47 Å². The van der Waals surface area contributed by atoms with Crippen molar-refractivity contribution in [1.82, 2.24) is 9.80 Å². The Morgan fingerprint density at radius 3 is 2.30 bits per heavy atom. The minimum absolute atomic E-state index is 0.0285. The molecule has 0 aromatic heterocycles. The molecule has 1 aliphatic rings. The number of carbonyl (C=O) groups is 2. The summed E-state index contributed by atoms with van der Waals surface area (Å²) in [4.78, 5) is 27.6. The average Bonchev–Trinajstić information content (AvgIpc) is 2.74. The Balaban J connectivity index is 1.88. The number of benzene rings is 2. The number of halogens is 1. The molecule has 1 saturated heterocycles. The Kier molecular flexibility index (Phi) is 6.74. The van der Waals surface area contributed by atoms with Gasteiger partial charge in [-0.2, -0.15) is 0 Å². The number of ether oxygens (including phenoxy) is 2. The first-order valence-corrected chi connectivity index (χ1v) is 10.1. The number of thiocarbonyl (C=S) groups is 1. The van der Waals surface area contributed by atoms with Gasteiger partial charge in [-0.15, -0.1) is 0 Å². The third-order valence-corrected chi connectivity index (χ3v) is 5.48. The lowest BCUT2D eigenvalue weighted by Gasteiger charge is -2.31. The number of hydrogen-bond donors (Lipinski definition) is 0. The van der Waals surface area contributed by atoms with Gasteiger partial charge in [0.05, 0.1) is 6.61 Å². The molecule has 0 radical (unpaired) electrons. The molecular formula is C22H21ClN2O4S. The van der Waals surface area contributed by atoms with E-state index in [0.717, 1.165) is 5.56 Å². The molecule has 30 heavy (non-hydrogen) atoms. The standard InChI is InChI=1S/C22H21ClN2O4S/c1-4-28-19-12-14(11-16-20(26)24(2)22(30)25(3)21(16)27)9-10-18(19)29-13-15-7-5-6-8-17(15)23/h5-12H,4,13H2,1-3H3. The molecule has 0 atom stereocenters. The van der Waals surface area contributed by atoms with E-state index in [-0.39, 0.29) is 17.3 Å². The van der Waals surface area contributed by atoms with Crippen molar-refractivity contribution in [2.45, 2.75) is 13.5 Å². The van der Waals surface area contributed by atoms with Gasteiger partial charge in [0.15, 0.2) is 16.6 Å². The van der Waals surface area contributed by atoms with Gasteiger partial charge in [-0.1, -0.05) is 35.9 Å². The summed E-state index contributed by atoms with van der Waals surface area (Å²) in [6, 6.07) is 12.7. The van der Waals surface area contributed by atoms with Crippen molar-refractivity contribution in [3.8, 4) is 11.5 Å². The molecule has 0 bridgehead atoms. The van der Waals surface area contributed by atoms with E-state index in [1.54, 1.807) is 38.4 Å². The lowest BCUT2D eigenvalue weighted by Crippen LogP contribution is -2.52. The average molecular weight is 445 g/mol. The van der Waals surface area contributed by atoms with Crippen molar-refractivity contribution in [3.63, 3.8) is 0 Å². The van der Waals surface area contributed by atoms with Crippen LogP contribution in [0.4, 0.5) is 0 Å². The van der Waals surface area contributed by atoms with E-state index in [1.807, 2.05) is 25.1 Å². The highest BCUT2D eigenvalue weighted by atomic mass is 35.5. The maximum Gasteiger partial charge on any atom is 0.265 e. The van der Waals surface area contributed by atoms with Gasteiger partial charge >= 0.3 is 0 Å². The van der Waals surface area contributed by atoms with E-state index in [1.165, 1.54) is 15.9 Å². The van der Waals surface area contributed by atoms with Crippen LogP contribution in [0.3, 0.4) is 0 Å². The summed E-state index contributed by atoms with van der Waals surface area (Å²) >= 11 is 11.3. The SMILES string of the molecule is CCOc1cc(C=C2C(=O)N(C)C(=S)N(C)C2=O)ccc1OCc1ccccc1Cl. The van der Waals surface area contributed by atoms with E-state index in [4.69, 9.17) is 33.3 Å². The van der Waals surface area contributed by atoms with Crippen molar-refractivity contribution in [3.05, 3.63) is 64.2 Å². The second kappa shape index (κ2) is 9.28. The highest BCUT2D eigenvalue weighted by Crippen LogP contribution is 2.31. The topological polar surface area (TPSA) is 59.1 Å². The Morgan fingerprint density at radius 2 is 1.67 bits per heavy atom. The molecule has 156 valence electrons. The molecule has 2 aromatic carbocycles. The van der Waals surface area contributed by atoms with E-state index < -0.39 is 11.8 Å². The molecule has 0 unspecified atom stereocenters. The number of hydrogen-bond acceptors (Lipinski definition) is 5. The molecule has 2 aromatic rings. The van der Waals surface area contributed by atoms with Crippen LogP contribution in [0.25, 0.3) is 6.08 Å². The third kappa shape index (κ3) is 4.47. The smallest absolute Gasteiger partial charge is 0.265 e. The highest BCUT2D eigenvalue weighted by molar-refractivity contribution is 7.80. The fourth-order valence-electron chi connectivity index (χ4n) is 2.91. The molecule has 3 rings (SSSR count). The molecule has 8 heteroatoms. The van der Waals surface area contributed by atoms with Crippen LogP contribution in [0, 0.1) is 0 Å². The molecule has 0 spiro atoms. The van der Waals surface area contributed by atoms with Gasteiger partial charge in [0.1, 0.15) is 12.2 Å². The zero-order valence-corrected chi connectivity index (χ0v) is 18.4. The third-order valence-electron chi connectivity index (χ3n) is 4.56. The number of nitrogens with zero attached hydrogens (tertiary/aromatic N) is 2. The van der Waals surface area contributed by atoms with Crippen LogP contribution >= 0.6 is 23.8 Å². The fourth-order valence-corrected chi connectivity index (χ4v) is 3.27. The van der Waals surface area contributed by atoms with Gasteiger partial charge in [-0.05, 0) is 49.0 Å². The maximum absolute atomic E-state index is 12.5. The molecule has 1 aliphatic heterocycles. The first-order valence-electron chi connectivity index (χ1n) is 9.28. The number of rotatable bonds is 6. The van der Waals surface area contributed by atoms with Crippen LogP contribution in [-0.2, 0) is 16.2 Å². The number of amides is 2. The molecule has 0 aliphatic carbocycles. The van der Waals surface area contributed by atoms with Crippen LogP contribution in [0.2, 0.25) is 5.02 Å². The fraction of sp³-hybridized carbons (Fsp3) is 0.227. The van der Waals surface area contributed by atoms with Crippen molar-refractivity contribution in [2.75, 3.05) is 20.7 Å². The molecule has 0 saturated carbocycles. The minimum Gasteiger partial charge on any atom is -0.490 e. The van der Waals surface area contributed by atoms with Crippen molar-refractivity contribution >= 4 is 46.8 Å². The number of likely N-dealkylation sites (N-methyl/N-ethyl adjacent to an activating group) is 2. The van der Waals surface area contributed by atoms with Crippen LogP contribution in [0.5, 0.6) is 11.5 Å². The van der Waals surface area contributed by atoms with Crippen LogP contribution in [0.15, 0.2) is 48.0 Å². The summed E-state index contributed by atoms with van der Waals surface area (Å²) in [5.41, 5.74) is 1.52. The second-order valence-electron chi connectivity index (χ2n) is 6.59. The molecule has 2 amide bonds. The minimum atomic E-state index is -0.444. The van der Waals surface area contributed by atoms with Gasteiger partial charge in [0.2, 0.25) is 0 Å². The van der Waals surface area contributed by atoms with Crippen LogP contribution in [-0.4, -0.2) is 47.4 Å². The van der Waals surface area contributed by atoms with E-state index in [0.29, 0.717) is 28.7 Å². The molecule has 6 nitrogen and oxygen atoms in total. The summed E-state index contributed by atoms with van der Waals surface area (Å²) in [7, 11) is 3.08. The first-order chi connectivity index (χ1) is 14.3. The highest BCUT2D eigenvalue weighted by Gasteiger charge is 2.35. The van der Waals surface area contributed by atoms with Crippen molar-refractivity contribution < 1.29 is 19.1 Å². The van der Waals surface area contributed by atoms with Gasteiger partial charge in [0.25, 0.3) is 11.8 Å². The lowest BCUT2D eigenvalue weighted by atomic mass is 10.1. The largest absolute Gasteiger partial charge is 0.490 e. The number of carbonyl (C=O) groups excluding carboxylic acids is 2. The predicted octanol–water partition coefficient (Wildman–Crippen LogP) is 3.92. The summed E-state index contributed by atoms with van der Waals surface area (Å²) in [6.07, 6.45) is 1.53. The monoisotopic (exact) mass is 444 g/mol. The van der Waals surface area contributed by atoms with Crippen molar-refractivity contribution in [2.24, 2.45) is 0 Å². The van der Waals surface area contributed by atoms with E-state index in [2.05, 4.69) is 0 Å². The first kappa shape index (κ1) is 21.8. The Bertz CT molecular complexity index is 1010. The zero-order valence-electron chi connectivity index (χ0n) is 16.8. The molecule has 0 N–H and O–H groups in total. The van der Waals surface area contributed by atoms with Gasteiger partial charge in [-0.25, -0.2) is 0 Å². The Labute approximate surface area is 185 Å². The zero-order chi connectivity index (χ0) is 21.8. The van der Waals surface area contributed by atoms with Gasteiger partial charge in [0, 0.05) is 24.7 Å². The van der Waals surface area contributed by atoms with Crippen LogP contribution in [0.1, 0.15) is 18.1 Å². The summed E-state index contributed by atoms with van der Waals surface area (Å²) < 4.78 is 11.6. The lowest BCUT2D eigenvalue weighted by molar-refractivity contribution is -0.132. The van der Waals surface area contributed by atoms with Gasteiger partial charge in [-0.3, -0.25) is 19.4 Å². The second-order valence-corrected chi connectivity index (χ2v) is 7.36. The Hall–Kier alpha value is -2.90. The van der Waals surface area contributed by atoms with Crippen molar-refractivity contribution in [1.29, 1.82) is 0 Å². The predicted molar refractivity (Wildman–Crippen MR) is 120 cm³/mol.